The second-order valence-electron chi connectivity index (χ2n) is 4.22. The van der Waals surface area contributed by atoms with Crippen molar-refractivity contribution in [1.82, 2.24) is 4.90 Å². The molecule has 0 saturated carbocycles. The number of hydrogen-bond donors (Lipinski definition) is 0. The lowest BCUT2D eigenvalue weighted by atomic mass is 10.1. The molecule has 19 heavy (non-hydrogen) atoms. The molecule has 104 valence electrons. The molecule has 0 unspecified atom stereocenters. The average molecular weight is 285 g/mol. The molecule has 7 heteroatoms. The smallest absolute Gasteiger partial charge is 0.264 e. The first-order chi connectivity index (χ1) is 8.97. The fraction of sp³-hybridized carbons (Fsp3) is 0.417. The lowest BCUT2D eigenvalue weighted by Crippen LogP contribution is -2.39. The predicted octanol–water partition coefficient (Wildman–Crippen LogP) is 0.845. The Morgan fingerprint density at radius 3 is 2.84 bits per heavy atom. The van der Waals surface area contributed by atoms with Crippen molar-refractivity contribution in [3.63, 3.8) is 0 Å². The van der Waals surface area contributed by atoms with Crippen molar-refractivity contribution in [3.05, 3.63) is 29.8 Å². The molecule has 1 aromatic carbocycles. The summed E-state index contributed by atoms with van der Waals surface area (Å²) < 4.78 is 31.6. The Morgan fingerprint density at radius 1 is 1.37 bits per heavy atom. The fourth-order valence-electron chi connectivity index (χ4n) is 1.78. The number of carbonyl (C=O) groups is 1. The third-order valence-electron chi connectivity index (χ3n) is 2.65. The van der Waals surface area contributed by atoms with Crippen molar-refractivity contribution >= 4 is 16.0 Å². The van der Waals surface area contributed by atoms with Crippen molar-refractivity contribution in [1.29, 1.82) is 0 Å². The number of rotatable bonds is 5. The van der Waals surface area contributed by atoms with E-state index in [9.17, 15) is 13.2 Å². The SMILES string of the molecule is CS(=O)(=O)OCCCN1COc2ccccc2C1=O. The average Bonchev–Trinajstić information content (AvgIpc) is 2.36. The van der Waals surface area contributed by atoms with E-state index in [4.69, 9.17) is 4.74 Å². The minimum absolute atomic E-state index is 0.0598. The number of ether oxygens (including phenoxy) is 1. The van der Waals surface area contributed by atoms with Gasteiger partial charge in [-0.25, -0.2) is 0 Å². The highest BCUT2D eigenvalue weighted by atomic mass is 32.2. The molecule has 0 saturated heterocycles. The Labute approximate surface area is 112 Å². The Bertz CT molecular complexity index is 569. The summed E-state index contributed by atoms with van der Waals surface area (Å²) in [5.74, 6) is 0.470. The maximum absolute atomic E-state index is 12.1. The fourth-order valence-corrected chi connectivity index (χ4v) is 2.20. The maximum atomic E-state index is 12.1. The Morgan fingerprint density at radius 2 is 2.11 bits per heavy atom. The van der Waals surface area contributed by atoms with Gasteiger partial charge in [0.25, 0.3) is 16.0 Å². The molecular formula is C12H15NO5S. The van der Waals surface area contributed by atoms with Crippen molar-refractivity contribution < 1.29 is 22.1 Å². The van der Waals surface area contributed by atoms with E-state index in [2.05, 4.69) is 4.18 Å². The van der Waals surface area contributed by atoms with Crippen molar-refractivity contribution in [2.45, 2.75) is 6.42 Å². The predicted molar refractivity (Wildman–Crippen MR) is 68.4 cm³/mol. The minimum atomic E-state index is -3.42. The molecule has 0 spiro atoms. The van der Waals surface area contributed by atoms with Gasteiger partial charge in [0.2, 0.25) is 0 Å². The van der Waals surface area contributed by atoms with Crippen LogP contribution < -0.4 is 4.74 Å². The molecule has 2 rings (SSSR count). The summed E-state index contributed by atoms with van der Waals surface area (Å²) in [6, 6.07) is 7.03. The van der Waals surface area contributed by atoms with Crippen LogP contribution in [0, 0.1) is 0 Å². The molecule has 0 bridgehead atoms. The van der Waals surface area contributed by atoms with Crippen LogP contribution in [0.2, 0.25) is 0 Å². The highest BCUT2D eigenvalue weighted by Gasteiger charge is 2.24. The first-order valence-electron chi connectivity index (χ1n) is 5.83. The van der Waals surface area contributed by atoms with Crippen molar-refractivity contribution in [3.8, 4) is 5.75 Å². The van der Waals surface area contributed by atoms with Crippen molar-refractivity contribution in [2.75, 3.05) is 26.1 Å². The standard InChI is InChI=1S/C12H15NO5S/c1-19(15,16)18-8-4-7-13-9-17-11-6-3-2-5-10(11)12(13)14/h2-3,5-6H,4,7-9H2,1H3. The van der Waals surface area contributed by atoms with Crippen LogP contribution in [0.3, 0.4) is 0 Å². The molecule has 0 aromatic heterocycles. The number of hydrogen-bond acceptors (Lipinski definition) is 5. The van der Waals surface area contributed by atoms with Gasteiger partial charge in [-0.2, -0.15) is 8.42 Å². The van der Waals surface area contributed by atoms with Crippen LogP contribution in [0.25, 0.3) is 0 Å². The van der Waals surface area contributed by atoms with E-state index in [1.165, 1.54) is 4.90 Å². The van der Waals surface area contributed by atoms with Gasteiger partial charge in [-0.15, -0.1) is 0 Å². The molecule has 1 heterocycles. The molecule has 1 aromatic rings. The summed E-state index contributed by atoms with van der Waals surface area (Å²) in [5.41, 5.74) is 0.526. The molecule has 1 aliphatic rings. The summed E-state index contributed by atoms with van der Waals surface area (Å²) in [6.07, 6.45) is 1.43. The summed E-state index contributed by atoms with van der Waals surface area (Å²) in [6.45, 7) is 0.627. The lowest BCUT2D eigenvalue weighted by molar-refractivity contribution is 0.0509. The van der Waals surface area contributed by atoms with E-state index in [0.717, 1.165) is 6.26 Å². The molecule has 6 nitrogen and oxygen atoms in total. The van der Waals surface area contributed by atoms with Gasteiger partial charge in [-0.1, -0.05) is 12.1 Å². The monoisotopic (exact) mass is 285 g/mol. The van der Waals surface area contributed by atoms with Crippen molar-refractivity contribution in [2.24, 2.45) is 0 Å². The van der Waals surface area contributed by atoms with Gasteiger partial charge in [-0.3, -0.25) is 8.98 Å². The largest absolute Gasteiger partial charge is 0.472 e. The van der Waals surface area contributed by atoms with Crippen LogP contribution in [-0.4, -0.2) is 45.4 Å². The molecule has 1 aliphatic heterocycles. The van der Waals surface area contributed by atoms with Crippen LogP contribution in [0.4, 0.5) is 0 Å². The third kappa shape index (κ3) is 3.68. The highest BCUT2D eigenvalue weighted by Crippen LogP contribution is 2.24. The molecule has 0 N–H and O–H groups in total. The summed E-state index contributed by atoms with van der Waals surface area (Å²) in [4.78, 5) is 13.6. The third-order valence-corrected chi connectivity index (χ3v) is 3.25. The number of benzene rings is 1. The van der Waals surface area contributed by atoms with E-state index in [0.29, 0.717) is 24.3 Å². The molecule has 1 amide bonds. The number of para-hydroxylation sites is 1. The van der Waals surface area contributed by atoms with E-state index in [1.807, 2.05) is 6.07 Å². The molecule has 0 aliphatic carbocycles. The Hall–Kier alpha value is -1.60. The zero-order valence-corrected chi connectivity index (χ0v) is 11.4. The molecule has 0 fully saturated rings. The Kier molecular flexibility index (Phi) is 4.06. The van der Waals surface area contributed by atoms with Gasteiger partial charge in [0, 0.05) is 6.54 Å². The second kappa shape index (κ2) is 5.58. The van der Waals surface area contributed by atoms with Crippen LogP contribution in [0.5, 0.6) is 5.75 Å². The van der Waals surface area contributed by atoms with Gasteiger partial charge in [0.05, 0.1) is 18.4 Å². The quantitative estimate of drug-likeness (QED) is 0.592. The van der Waals surface area contributed by atoms with Gasteiger partial charge in [0.1, 0.15) is 5.75 Å². The van der Waals surface area contributed by atoms with Gasteiger partial charge in [-0.05, 0) is 18.6 Å². The van der Waals surface area contributed by atoms with E-state index in [-0.39, 0.29) is 19.2 Å². The van der Waals surface area contributed by atoms with E-state index < -0.39 is 10.1 Å². The molecular weight excluding hydrogens is 270 g/mol. The lowest BCUT2D eigenvalue weighted by Gasteiger charge is -2.28. The normalized spacial score (nSPS) is 15.0. The van der Waals surface area contributed by atoms with Crippen LogP contribution in [0.1, 0.15) is 16.8 Å². The summed E-state index contributed by atoms with van der Waals surface area (Å²) in [7, 11) is -3.42. The zero-order valence-electron chi connectivity index (χ0n) is 10.5. The number of fused-ring (bicyclic) bond motifs is 1. The van der Waals surface area contributed by atoms with Gasteiger partial charge >= 0.3 is 0 Å². The summed E-state index contributed by atoms with van der Waals surface area (Å²) >= 11 is 0. The maximum Gasteiger partial charge on any atom is 0.264 e. The number of carbonyl (C=O) groups excluding carboxylic acids is 1. The van der Waals surface area contributed by atoms with Crippen LogP contribution in [0.15, 0.2) is 24.3 Å². The summed E-state index contributed by atoms with van der Waals surface area (Å²) in [5, 5.41) is 0. The van der Waals surface area contributed by atoms with E-state index in [1.54, 1.807) is 18.2 Å². The second-order valence-corrected chi connectivity index (χ2v) is 5.86. The highest BCUT2D eigenvalue weighted by molar-refractivity contribution is 7.85. The minimum Gasteiger partial charge on any atom is -0.472 e. The first-order valence-corrected chi connectivity index (χ1v) is 7.64. The molecule has 0 atom stereocenters. The van der Waals surface area contributed by atoms with E-state index >= 15 is 0 Å². The zero-order chi connectivity index (χ0) is 13.9. The number of nitrogens with zero attached hydrogens (tertiary/aromatic N) is 1. The molecule has 0 radical (unpaired) electrons. The topological polar surface area (TPSA) is 72.9 Å². The van der Waals surface area contributed by atoms with Gasteiger partial charge in [0.15, 0.2) is 6.73 Å². The number of amides is 1. The van der Waals surface area contributed by atoms with Crippen LogP contribution in [-0.2, 0) is 14.3 Å². The first kappa shape index (κ1) is 13.8. The van der Waals surface area contributed by atoms with Gasteiger partial charge < -0.3 is 9.64 Å². The Balaban J connectivity index is 1.89. The van der Waals surface area contributed by atoms with Crippen LogP contribution >= 0.6 is 0 Å².